The van der Waals surface area contributed by atoms with E-state index in [1.54, 1.807) is 6.07 Å². The quantitative estimate of drug-likeness (QED) is 0.703. The molecule has 0 saturated carbocycles. The second-order valence-electron chi connectivity index (χ2n) is 4.82. The van der Waals surface area contributed by atoms with Crippen LogP contribution in [0.5, 0.6) is 0 Å². The lowest BCUT2D eigenvalue weighted by Crippen LogP contribution is -2.47. The van der Waals surface area contributed by atoms with Gasteiger partial charge in [-0.1, -0.05) is 25.4 Å². The Morgan fingerprint density at radius 3 is 2.44 bits per heavy atom. The first kappa shape index (κ1) is 11.9. The molecule has 5 heteroatoms. The molecule has 0 atom stereocenters. The van der Waals surface area contributed by atoms with Crippen molar-refractivity contribution in [3.05, 3.63) is 29.0 Å². The van der Waals surface area contributed by atoms with E-state index >= 15 is 0 Å². The van der Waals surface area contributed by atoms with Crippen molar-refractivity contribution in [3.63, 3.8) is 0 Å². The number of halogens is 2. The Bertz CT molecular complexity index is 367. The van der Waals surface area contributed by atoms with Gasteiger partial charge in [0.2, 0.25) is 0 Å². The van der Waals surface area contributed by atoms with E-state index in [4.69, 9.17) is 20.9 Å². The lowest BCUT2D eigenvalue weighted by atomic mass is 9.76. The van der Waals surface area contributed by atoms with Crippen LogP contribution in [-0.2, 0) is 9.31 Å². The molecule has 1 aliphatic heterocycles. The van der Waals surface area contributed by atoms with Crippen molar-refractivity contribution >= 4 is 24.2 Å². The van der Waals surface area contributed by atoms with Gasteiger partial charge in [-0.3, -0.25) is 0 Å². The van der Waals surface area contributed by atoms with Gasteiger partial charge in [0, 0.05) is 23.7 Å². The van der Waals surface area contributed by atoms with E-state index in [2.05, 4.69) is 13.8 Å². The van der Waals surface area contributed by atoms with Gasteiger partial charge in [0.1, 0.15) is 5.82 Å². The van der Waals surface area contributed by atoms with Crippen LogP contribution >= 0.6 is 11.6 Å². The third-order valence-corrected chi connectivity index (χ3v) is 2.63. The molecule has 1 aromatic carbocycles. The molecule has 0 radical (unpaired) electrons. The Morgan fingerprint density at radius 2 is 1.88 bits per heavy atom. The van der Waals surface area contributed by atoms with E-state index in [0.29, 0.717) is 23.7 Å². The van der Waals surface area contributed by atoms with Crippen molar-refractivity contribution in [2.75, 3.05) is 13.2 Å². The number of hydrogen-bond donors (Lipinski definition) is 0. The van der Waals surface area contributed by atoms with Gasteiger partial charge in [-0.25, -0.2) is 4.39 Å². The Kier molecular flexibility index (Phi) is 3.24. The summed E-state index contributed by atoms with van der Waals surface area (Å²) >= 11 is 5.77. The third-order valence-electron chi connectivity index (χ3n) is 2.41. The summed E-state index contributed by atoms with van der Waals surface area (Å²) < 4.78 is 24.2. The highest BCUT2D eigenvalue weighted by Gasteiger charge is 2.33. The summed E-state index contributed by atoms with van der Waals surface area (Å²) in [7, 11) is -0.513. The fourth-order valence-corrected chi connectivity index (χ4v) is 1.83. The van der Waals surface area contributed by atoms with Crippen LogP contribution in [0.25, 0.3) is 0 Å². The van der Waals surface area contributed by atoms with Gasteiger partial charge in [0.25, 0.3) is 0 Å². The molecule has 1 aromatic rings. The van der Waals surface area contributed by atoms with E-state index in [1.165, 1.54) is 12.1 Å². The zero-order chi connectivity index (χ0) is 11.8. The topological polar surface area (TPSA) is 18.5 Å². The van der Waals surface area contributed by atoms with Gasteiger partial charge in [0.05, 0.1) is 0 Å². The lowest BCUT2D eigenvalue weighted by molar-refractivity contribution is 0.0343. The van der Waals surface area contributed by atoms with Crippen molar-refractivity contribution < 1.29 is 13.7 Å². The van der Waals surface area contributed by atoms with Crippen molar-refractivity contribution in [3.8, 4) is 0 Å². The fraction of sp³-hybridized carbons (Fsp3) is 0.455. The molecule has 1 heterocycles. The molecule has 0 bridgehead atoms. The average molecular weight is 242 g/mol. The SMILES string of the molecule is CC1(C)COB(c2cc(F)cc(Cl)c2)OC1. The second kappa shape index (κ2) is 4.36. The average Bonchev–Trinajstić information content (AvgIpc) is 2.15. The largest absolute Gasteiger partial charge is 0.494 e. The van der Waals surface area contributed by atoms with Crippen molar-refractivity contribution in [1.82, 2.24) is 0 Å². The number of rotatable bonds is 1. The second-order valence-corrected chi connectivity index (χ2v) is 5.26. The molecule has 1 fully saturated rings. The molecule has 86 valence electrons. The normalized spacial score (nSPS) is 19.9. The van der Waals surface area contributed by atoms with Crippen LogP contribution in [0.1, 0.15) is 13.8 Å². The Labute approximate surface area is 99.8 Å². The van der Waals surface area contributed by atoms with Crippen LogP contribution in [0, 0.1) is 11.2 Å². The van der Waals surface area contributed by atoms with E-state index < -0.39 is 7.12 Å². The first-order valence-electron chi connectivity index (χ1n) is 5.15. The smallest absolute Gasteiger partial charge is 0.407 e. The maximum atomic E-state index is 13.1. The highest BCUT2D eigenvalue weighted by Crippen LogP contribution is 2.21. The summed E-state index contributed by atoms with van der Waals surface area (Å²) in [6.45, 7) is 5.29. The van der Waals surface area contributed by atoms with E-state index in [9.17, 15) is 4.39 Å². The summed E-state index contributed by atoms with van der Waals surface area (Å²) in [5, 5.41) is 0.354. The maximum Gasteiger partial charge on any atom is 0.494 e. The summed E-state index contributed by atoms with van der Waals surface area (Å²) in [6.07, 6.45) is 0. The predicted molar refractivity (Wildman–Crippen MR) is 62.5 cm³/mol. The molecule has 0 aromatic heterocycles. The molecule has 16 heavy (non-hydrogen) atoms. The molecule has 2 rings (SSSR count). The van der Waals surface area contributed by atoms with Gasteiger partial charge in [0.15, 0.2) is 0 Å². The Morgan fingerprint density at radius 1 is 1.25 bits per heavy atom. The van der Waals surface area contributed by atoms with E-state index in [0.717, 1.165) is 0 Å². The summed E-state index contributed by atoms with van der Waals surface area (Å²) in [5.41, 5.74) is 0.633. The minimum absolute atomic E-state index is 0.00756. The monoisotopic (exact) mass is 242 g/mol. The Balaban J connectivity index is 2.14. The van der Waals surface area contributed by atoms with E-state index in [-0.39, 0.29) is 11.2 Å². The van der Waals surface area contributed by atoms with Crippen molar-refractivity contribution in [2.24, 2.45) is 5.41 Å². The van der Waals surface area contributed by atoms with Gasteiger partial charge >= 0.3 is 7.12 Å². The molecular formula is C11H13BClFO2. The predicted octanol–water partition coefficient (Wildman–Crippen LogP) is 2.25. The van der Waals surface area contributed by atoms with Crippen LogP contribution < -0.4 is 5.46 Å². The molecule has 2 nitrogen and oxygen atoms in total. The number of benzene rings is 1. The Hall–Kier alpha value is -0.575. The lowest BCUT2D eigenvalue weighted by Gasteiger charge is -2.33. The molecular weight excluding hydrogens is 229 g/mol. The maximum absolute atomic E-state index is 13.1. The molecule has 0 amide bonds. The van der Waals surface area contributed by atoms with Gasteiger partial charge < -0.3 is 9.31 Å². The van der Waals surface area contributed by atoms with Crippen LogP contribution in [0.15, 0.2) is 18.2 Å². The highest BCUT2D eigenvalue weighted by atomic mass is 35.5. The van der Waals surface area contributed by atoms with E-state index in [1.807, 2.05) is 0 Å². The summed E-state index contributed by atoms with van der Waals surface area (Å²) in [4.78, 5) is 0. The van der Waals surface area contributed by atoms with Crippen LogP contribution in [0.2, 0.25) is 5.02 Å². The highest BCUT2D eigenvalue weighted by molar-refractivity contribution is 6.61. The molecule has 1 aliphatic rings. The minimum atomic E-state index is -0.513. The summed E-state index contributed by atoms with van der Waals surface area (Å²) in [6, 6.07) is 4.31. The van der Waals surface area contributed by atoms with Crippen LogP contribution in [-0.4, -0.2) is 20.3 Å². The number of hydrogen-bond acceptors (Lipinski definition) is 2. The van der Waals surface area contributed by atoms with Gasteiger partial charge in [-0.15, -0.1) is 0 Å². The van der Waals surface area contributed by atoms with Gasteiger partial charge in [-0.2, -0.15) is 0 Å². The molecule has 0 aliphatic carbocycles. The molecule has 0 spiro atoms. The third kappa shape index (κ3) is 2.76. The fourth-order valence-electron chi connectivity index (χ4n) is 1.60. The molecule has 1 saturated heterocycles. The van der Waals surface area contributed by atoms with Crippen molar-refractivity contribution in [2.45, 2.75) is 13.8 Å². The minimum Gasteiger partial charge on any atom is -0.407 e. The zero-order valence-electron chi connectivity index (χ0n) is 9.30. The van der Waals surface area contributed by atoms with Crippen molar-refractivity contribution in [1.29, 1.82) is 0 Å². The van der Waals surface area contributed by atoms with Crippen LogP contribution in [0.3, 0.4) is 0 Å². The van der Waals surface area contributed by atoms with Crippen LogP contribution in [0.4, 0.5) is 4.39 Å². The van der Waals surface area contributed by atoms with Gasteiger partial charge in [-0.05, 0) is 23.7 Å². The standard InChI is InChI=1S/C11H13BClFO2/c1-11(2)6-15-12(16-7-11)8-3-9(13)5-10(14)4-8/h3-5H,6-7H2,1-2H3. The molecule has 0 unspecified atom stereocenters. The summed E-state index contributed by atoms with van der Waals surface area (Å²) in [5.74, 6) is -0.375. The molecule has 0 N–H and O–H groups in total. The first-order chi connectivity index (χ1) is 7.46. The zero-order valence-corrected chi connectivity index (χ0v) is 10.1. The first-order valence-corrected chi connectivity index (χ1v) is 5.53.